The fraction of sp³-hybridized carbons (Fsp3) is 0.263. The van der Waals surface area contributed by atoms with Gasteiger partial charge in [0.25, 0.3) is 5.91 Å². The van der Waals surface area contributed by atoms with Crippen LogP contribution in [0.15, 0.2) is 42.5 Å². The predicted molar refractivity (Wildman–Crippen MR) is 99.5 cm³/mol. The van der Waals surface area contributed by atoms with E-state index in [2.05, 4.69) is 10.9 Å². The van der Waals surface area contributed by atoms with E-state index < -0.39 is 5.91 Å². The average molecular weight is 377 g/mol. The molecule has 2 rings (SSSR count). The van der Waals surface area contributed by atoms with Crippen LogP contribution in [0, 0.1) is 0 Å². The summed E-state index contributed by atoms with van der Waals surface area (Å²) in [4.78, 5) is 24.2. The SMILES string of the molecule is CCOc1ccccc1CCC(=O)NNC(=O)c1ccc(Cl)cc1OC. The molecule has 2 aromatic rings. The zero-order valence-electron chi connectivity index (χ0n) is 14.7. The lowest BCUT2D eigenvalue weighted by Gasteiger charge is -2.12. The second-order valence-corrected chi connectivity index (χ2v) is 5.82. The van der Waals surface area contributed by atoms with Gasteiger partial charge in [-0.1, -0.05) is 29.8 Å². The summed E-state index contributed by atoms with van der Waals surface area (Å²) < 4.78 is 10.7. The minimum absolute atomic E-state index is 0.210. The molecule has 138 valence electrons. The Hall–Kier alpha value is -2.73. The molecule has 0 saturated heterocycles. The van der Waals surface area contributed by atoms with Crippen molar-refractivity contribution in [3.63, 3.8) is 0 Å². The molecule has 2 aromatic carbocycles. The molecule has 7 heteroatoms. The smallest absolute Gasteiger partial charge is 0.273 e. The topological polar surface area (TPSA) is 76.7 Å². The van der Waals surface area contributed by atoms with Gasteiger partial charge >= 0.3 is 0 Å². The van der Waals surface area contributed by atoms with Gasteiger partial charge in [-0.05, 0) is 43.2 Å². The van der Waals surface area contributed by atoms with Crippen LogP contribution in [0.25, 0.3) is 0 Å². The Morgan fingerprint density at radius 1 is 1.08 bits per heavy atom. The first-order valence-electron chi connectivity index (χ1n) is 8.18. The number of hydrogen-bond donors (Lipinski definition) is 2. The summed E-state index contributed by atoms with van der Waals surface area (Å²) in [6.45, 7) is 2.46. The van der Waals surface area contributed by atoms with Crippen molar-refractivity contribution >= 4 is 23.4 Å². The van der Waals surface area contributed by atoms with Crippen molar-refractivity contribution in [2.75, 3.05) is 13.7 Å². The lowest BCUT2D eigenvalue weighted by molar-refractivity contribution is -0.121. The fourth-order valence-electron chi connectivity index (χ4n) is 2.36. The Balaban J connectivity index is 1.88. The van der Waals surface area contributed by atoms with E-state index in [0.717, 1.165) is 11.3 Å². The minimum atomic E-state index is -0.485. The van der Waals surface area contributed by atoms with Gasteiger partial charge in [-0.2, -0.15) is 0 Å². The van der Waals surface area contributed by atoms with E-state index in [1.54, 1.807) is 6.07 Å². The summed E-state index contributed by atoms with van der Waals surface area (Å²) in [6.07, 6.45) is 0.713. The van der Waals surface area contributed by atoms with Crippen LogP contribution in [0.5, 0.6) is 11.5 Å². The molecule has 0 fully saturated rings. The van der Waals surface area contributed by atoms with Gasteiger partial charge in [-0.3, -0.25) is 20.4 Å². The summed E-state index contributed by atoms with van der Waals surface area (Å²) in [7, 11) is 1.44. The Morgan fingerprint density at radius 3 is 2.58 bits per heavy atom. The second kappa shape index (κ2) is 9.68. The minimum Gasteiger partial charge on any atom is -0.496 e. The molecule has 0 aliphatic rings. The van der Waals surface area contributed by atoms with Crippen LogP contribution in [0.3, 0.4) is 0 Å². The molecular formula is C19H21ClN2O4. The molecule has 26 heavy (non-hydrogen) atoms. The number of carbonyl (C=O) groups is 2. The summed E-state index contributed by atoms with van der Waals surface area (Å²) in [5, 5.41) is 0.454. The third kappa shape index (κ3) is 5.39. The van der Waals surface area contributed by atoms with Crippen molar-refractivity contribution in [2.45, 2.75) is 19.8 Å². The van der Waals surface area contributed by atoms with E-state index in [0.29, 0.717) is 23.8 Å². The number of ether oxygens (including phenoxy) is 2. The number of methoxy groups -OCH3 is 1. The van der Waals surface area contributed by atoms with Crippen LogP contribution in [0.1, 0.15) is 29.3 Å². The van der Waals surface area contributed by atoms with Crippen molar-refractivity contribution in [1.82, 2.24) is 10.9 Å². The average Bonchev–Trinajstić information content (AvgIpc) is 2.65. The normalized spacial score (nSPS) is 10.1. The number of carbonyl (C=O) groups excluding carboxylic acids is 2. The number of para-hydroxylation sites is 1. The maximum Gasteiger partial charge on any atom is 0.273 e. The molecule has 0 bridgehead atoms. The standard InChI is InChI=1S/C19H21ClN2O4/c1-3-26-16-7-5-4-6-13(16)8-11-18(23)21-22-19(24)15-10-9-14(20)12-17(15)25-2/h4-7,9-10,12H,3,8,11H2,1-2H3,(H,21,23)(H,22,24). The highest BCUT2D eigenvalue weighted by atomic mass is 35.5. The Labute approximate surface area is 157 Å². The maximum absolute atomic E-state index is 12.2. The predicted octanol–water partition coefficient (Wildman–Crippen LogP) is 3.14. The highest BCUT2D eigenvalue weighted by Gasteiger charge is 2.14. The van der Waals surface area contributed by atoms with Crippen molar-refractivity contribution in [2.24, 2.45) is 0 Å². The molecular weight excluding hydrogens is 356 g/mol. The first-order valence-corrected chi connectivity index (χ1v) is 8.56. The number of nitrogens with one attached hydrogen (secondary N) is 2. The lowest BCUT2D eigenvalue weighted by Crippen LogP contribution is -2.41. The van der Waals surface area contributed by atoms with Crippen LogP contribution in [-0.2, 0) is 11.2 Å². The zero-order chi connectivity index (χ0) is 18.9. The highest BCUT2D eigenvalue weighted by molar-refractivity contribution is 6.30. The molecule has 0 unspecified atom stereocenters. The number of halogens is 1. The van der Waals surface area contributed by atoms with Crippen LogP contribution < -0.4 is 20.3 Å². The lowest BCUT2D eigenvalue weighted by atomic mass is 10.1. The zero-order valence-corrected chi connectivity index (χ0v) is 15.4. The molecule has 0 aliphatic carbocycles. The second-order valence-electron chi connectivity index (χ2n) is 5.39. The quantitative estimate of drug-likeness (QED) is 0.728. The third-order valence-corrected chi connectivity index (χ3v) is 3.85. The third-order valence-electron chi connectivity index (χ3n) is 3.62. The molecule has 0 aliphatic heterocycles. The summed E-state index contributed by atoms with van der Waals surface area (Å²) >= 11 is 5.87. The van der Waals surface area contributed by atoms with Crippen LogP contribution in [0.2, 0.25) is 5.02 Å². The van der Waals surface area contributed by atoms with Crippen LogP contribution in [0.4, 0.5) is 0 Å². The van der Waals surface area contributed by atoms with E-state index >= 15 is 0 Å². The molecule has 0 heterocycles. The molecule has 6 nitrogen and oxygen atoms in total. The first-order chi connectivity index (χ1) is 12.5. The summed E-state index contributed by atoms with van der Waals surface area (Å²) in [6, 6.07) is 12.2. The molecule has 0 radical (unpaired) electrons. The maximum atomic E-state index is 12.2. The van der Waals surface area contributed by atoms with Gasteiger partial charge < -0.3 is 9.47 Å². The van der Waals surface area contributed by atoms with Crippen LogP contribution in [-0.4, -0.2) is 25.5 Å². The Kier molecular flexibility index (Phi) is 7.29. The van der Waals surface area contributed by atoms with Crippen molar-refractivity contribution in [3.05, 3.63) is 58.6 Å². The van der Waals surface area contributed by atoms with Crippen molar-refractivity contribution in [3.8, 4) is 11.5 Å². The van der Waals surface area contributed by atoms with Crippen molar-refractivity contribution in [1.29, 1.82) is 0 Å². The van der Waals surface area contributed by atoms with Gasteiger partial charge in [-0.25, -0.2) is 0 Å². The van der Waals surface area contributed by atoms with E-state index in [-0.39, 0.29) is 17.9 Å². The van der Waals surface area contributed by atoms with Gasteiger partial charge in [0.05, 0.1) is 19.3 Å². The number of aryl methyl sites for hydroxylation is 1. The highest BCUT2D eigenvalue weighted by Crippen LogP contribution is 2.23. The molecule has 2 N–H and O–H groups in total. The molecule has 0 aromatic heterocycles. The monoisotopic (exact) mass is 376 g/mol. The Bertz CT molecular complexity index is 780. The molecule has 0 saturated carbocycles. The summed E-state index contributed by atoms with van der Waals surface area (Å²) in [5.74, 6) is 0.298. The summed E-state index contributed by atoms with van der Waals surface area (Å²) in [5.41, 5.74) is 5.99. The van der Waals surface area contributed by atoms with Gasteiger partial charge in [0.2, 0.25) is 5.91 Å². The molecule has 2 amide bonds. The van der Waals surface area contributed by atoms with Gasteiger partial charge in [0.1, 0.15) is 11.5 Å². The number of rotatable bonds is 7. The van der Waals surface area contributed by atoms with E-state index in [4.69, 9.17) is 21.1 Å². The van der Waals surface area contributed by atoms with E-state index in [1.165, 1.54) is 19.2 Å². The van der Waals surface area contributed by atoms with Gasteiger partial charge in [0.15, 0.2) is 0 Å². The number of hydrogen-bond acceptors (Lipinski definition) is 4. The van der Waals surface area contributed by atoms with E-state index in [1.807, 2.05) is 31.2 Å². The number of amides is 2. The van der Waals surface area contributed by atoms with Crippen LogP contribution >= 0.6 is 11.6 Å². The molecule has 0 atom stereocenters. The molecule has 0 spiro atoms. The fourth-order valence-corrected chi connectivity index (χ4v) is 2.53. The number of hydrazine groups is 1. The first kappa shape index (κ1) is 19.6. The largest absolute Gasteiger partial charge is 0.496 e. The van der Waals surface area contributed by atoms with E-state index in [9.17, 15) is 9.59 Å². The number of benzene rings is 2. The van der Waals surface area contributed by atoms with Crippen molar-refractivity contribution < 1.29 is 19.1 Å². The van der Waals surface area contributed by atoms with Gasteiger partial charge in [0, 0.05) is 11.4 Å². The van der Waals surface area contributed by atoms with Gasteiger partial charge in [-0.15, -0.1) is 0 Å². The Morgan fingerprint density at radius 2 is 1.85 bits per heavy atom.